The molecule has 1 aliphatic heterocycles. The fourth-order valence-electron chi connectivity index (χ4n) is 3.23. The van der Waals surface area contributed by atoms with Gasteiger partial charge in [0.05, 0.1) is 12.2 Å². The highest BCUT2D eigenvalue weighted by Crippen LogP contribution is 2.18. The molecule has 6 nitrogen and oxygen atoms in total. The lowest BCUT2D eigenvalue weighted by Gasteiger charge is -2.33. The van der Waals surface area contributed by atoms with Gasteiger partial charge in [-0.2, -0.15) is 0 Å². The highest BCUT2D eigenvalue weighted by molar-refractivity contribution is 7.13. The Balaban J connectivity index is 1.41. The summed E-state index contributed by atoms with van der Waals surface area (Å²) >= 11 is 1.64. The van der Waals surface area contributed by atoms with Gasteiger partial charge in [-0.15, -0.1) is 11.3 Å². The summed E-state index contributed by atoms with van der Waals surface area (Å²) in [6.07, 6.45) is 2.12. The number of benzene rings is 1. The first kappa shape index (κ1) is 20.5. The van der Waals surface area contributed by atoms with Crippen LogP contribution in [0.2, 0.25) is 0 Å². The summed E-state index contributed by atoms with van der Waals surface area (Å²) in [5, 5.41) is 9.96. The van der Waals surface area contributed by atoms with Crippen LogP contribution in [0.1, 0.15) is 24.1 Å². The van der Waals surface area contributed by atoms with Crippen molar-refractivity contribution in [3.05, 3.63) is 46.7 Å². The number of piperidine rings is 1. The second-order valence-electron chi connectivity index (χ2n) is 7.26. The molecule has 8 heteroatoms. The Hall–Kier alpha value is -2.19. The van der Waals surface area contributed by atoms with Crippen LogP contribution in [-0.4, -0.2) is 56.1 Å². The maximum Gasteiger partial charge on any atom is 0.191 e. The van der Waals surface area contributed by atoms with E-state index in [0.29, 0.717) is 12.6 Å². The van der Waals surface area contributed by atoms with Crippen molar-refractivity contribution in [1.82, 2.24) is 20.5 Å². The third-order valence-corrected chi connectivity index (χ3v) is 5.89. The van der Waals surface area contributed by atoms with Crippen LogP contribution in [0.15, 0.2) is 34.6 Å². The van der Waals surface area contributed by atoms with Crippen LogP contribution in [-0.2, 0) is 13.1 Å². The van der Waals surface area contributed by atoms with Gasteiger partial charge in [-0.1, -0.05) is 12.1 Å². The molecule has 3 rings (SSSR count). The molecule has 1 saturated heterocycles. The highest BCUT2D eigenvalue weighted by atomic mass is 32.1. The zero-order valence-corrected chi connectivity index (χ0v) is 17.6. The van der Waals surface area contributed by atoms with Gasteiger partial charge < -0.3 is 15.5 Å². The number of hydrogen-bond acceptors (Lipinski definition) is 5. The minimum absolute atomic E-state index is 0.180. The SMILES string of the molecule is CN=C(NCc1csc(N(C)C)n1)NC1CCN(Cc2ccc(F)cc2)CC1. The molecule has 0 amide bonds. The molecule has 1 aromatic heterocycles. The van der Waals surface area contributed by atoms with E-state index in [1.54, 1.807) is 18.4 Å². The van der Waals surface area contributed by atoms with Gasteiger partial charge in [0.25, 0.3) is 0 Å². The molecule has 1 aliphatic rings. The van der Waals surface area contributed by atoms with E-state index in [0.717, 1.165) is 54.8 Å². The summed E-state index contributed by atoms with van der Waals surface area (Å²) in [5.74, 6) is 0.637. The van der Waals surface area contributed by atoms with Gasteiger partial charge in [0.2, 0.25) is 0 Å². The summed E-state index contributed by atoms with van der Waals surface area (Å²) in [7, 11) is 5.79. The number of nitrogens with one attached hydrogen (secondary N) is 2. The number of thiazole rings is 1. The predicted octanol–water partition coefficient (Wildman–Crippen LogP) is 2.68. The molecule has 0 unspecified atom stereocenters. The fraction of sp³-hybridized carbons (Fsp3) is 0.500. The van der Waals surface area contributed by atoms with Crippen LogP contribution < -0.4 is 15.5 Å². The minimum atomic E-state index is -0.180. The van der Waals surface area contributed by atoms with Gasteiger partial charge in [0, 0.05) is 52.2 Å². The second-order valence-corrected chi connectivity index (χ2v) is 8.10. The molecule has 0 saturated carbocycles. The lowest BCUT2D eigenvalue weighted by molar-refractivity contribution is 0.198. The average Bonchev–Trinajstić information content (AvgIpc) is 3.18. The largest absolute Gasteiger partial charge is 0.354 e. The lowest BCUT2D eigenvalue weighted by atomic mass is 10.0. The van der Waals surface area contributed by atoms with Gasteiger partial charge in [-0.3, -0.25) is 9.89 Å². The van der Waals surface area contributed by atoms with Crippen molar-refractivity contribution >= 4 is 22.4 Å². The van der Waals surface area contributed by atoms with E-state index in [2.05, 4.69) is 30.9 Å². The van der Waals surface area contributed by atoms with Gasteiger partial charge in [-0.05, 0) is 30.5 Å². The van der Waals surface area contributed by atoms with E-state index < -0.39 is 0 Å². The summed E-state index contributed by atoms with van der Waals surface area (Å²) < 4.78 is 13.0. The van der Waals surface area contributed by atoms with Gasteiger partial charge in [0.15, 0.2) is 11.1 Å². The first-order valence-corrected chi connectivity index (χ1v) is 10.5. The van der Waals surface area contributed by atoms with Crippen LogP contribution in [0.3, 0.4) is 0 Å². The van der Waals surface area contributed by atoms with Crippen molar-refractivity contribution < 1.29 is 4.39 Å². The Kier molecular flexibility index (Phi) is 7.22. The van der Waals surface area contributed by atoms with Crippen LogP contribution in [0, 0.1) is 5.82 Å². The van der Waals surface area contributed by atoms with Crippen molar-refractivity contribution in [2.45, 2.75) is 32.0 Å². The van der Waals surface area contributed by atoms with Crippen LogP contribution in [0.25, 0.3) is 0 Å². The zero-order chi connectivity index (χ0) is 19.9. The van der Waals surface area contributed by atoms with Gasteiger partial charge in [-0.25, -0.2) is 9.37 Å². The Morgan fingerprint density at radius 2 is 2.00 bits per heavy atom. The number of aliphatic imine (C=N–C) groups is 1. The normalized spacial score (nSPS) is 16.2. The molecule has 0 radical (unpaired) electrons. The number of anilines is 1. The maximum atomic E-state index is 13.0. The predicted molar refractivity (Wildman–Crippen MR) is 114 cm³/mol. The number of hydrogen-bond donors (Lipinski definition) is 2. The van der Waals surface area contributed by atoms with Crippen LogP contribution in [0.5, 0.6) is 0 Å². The molecule has 0 spiro atoms. The van der Waals surface area contributed by atoms with E-state index >= 15 is 0 Å². The Labute approximate surface area is 170 Å². The first-order valence-electron chi connectivity index (χ1n) is 9.59. The van der Waals surface area contributed by atoms with E-state index in [-0.39, 0.29) is 5.82 Å². The van der Waals surface area contributed by atoms with Crippen LogP contribution >= 0.6 is 11.3 Å². The Morgan fingerprint density at radius 3 is 2.61 bits per heavy atom. The lowest BCUT2D eigenvalue weighted by Crippen LogP contribution is -2.48. The fourth-order valence-corrected chi connectivity index (χ4v) is 3.99. The number of likely N-dealkylation sites (tertiary alicyclic amines) is 1. The van der Waals surface area contributed by atoms with Crippen molar-refractivity contribution in [1.29, 1.82) is 0 Å². The van der Waals surface area contributed by atoms with E-state index in [9.17, 15) is 4.39 Å². The molecular formula is C20H29FN6S. The molecule has 28 heavy (non-hydrogen) atoms. The molecular weight excluding hydrogens is 375 g/mol. The molecule has 152 valence electrons. The standard InChI is InChI=1S/C20H29FN6S/c1-22-19(23-12-18-14-28-20(25-18)26(2)3)24-17-8-10-27(11-9-17)13-15-4-6-16(21)7-5-15/h4-7,14,17H,8-13H2,1-3H3,(H2,22,23,24). The molecule has 2 N–H and O–H groups in total. The van der Waals surface area contributed by atoms with E-state index in [1.165, 1.54) is 12.1 Å². The quantitative estimate of drug-likeness (QED) is 0.573. The smallest absolute Gasteiger partial charge is 0.191 e. The number of aromatic nitrogens is 1. The number of nitrogens with zero attached hydrogens (tertiary/aromatic N) is 4. The molecule has 2 aromatic rings. The van der Waals surface area contributed by atoms with Crippen molar-refractivity contribution in [2.24, 2.45) is 4.99 Å². The molecule has 2 heterocycles. The molecule has 0 aliphatic carbocycles. The first-order chi connectivity index (χ1) is 13.5. The number of rotatable bonds is 6. The topological polar surface area (TPSA) is 55.8 Å². The monoisotopic (exact) mass is 404 g/mol. The Bertz CT molecular complexity index is 765. The molecule has 1 fully saturated rings. The third-order valence-electron chi connectivity index (χ3n) is 4.83. The third kappa shape index (κ3) is 5.90. The Morgan fingerprint density at radius 1 is 1.29 bits per heavy atom. The molecule has 0 atom stereocenters. The maximum absolute atomic E-state index is 13.0. The van der Waals surface area contributed by atoms with Crippen molar-refractivity contribution in [2.75, 3.05) is 39.1 Å². The van der Waals surface area contributed by atoms with E-state index in [1.807, 2.05) is 31.1 Å². The van der Waals surface area contributed by atoms with Crippen LogP contribution in [0.4, 0.5) is 9.52 Å². The van der Waals surface area contributed by atoms with Gasteiger partial charge >= 0.3 is 0 Å². The number of guanidine groups is 1. The summed E-state index contributed by atoms with van der Waals surface area (Å²) in [6, 6.07) is 7.20. The van der Waals surface area contributed by atoms with Gasteiger partial charge in [0.1, 0.15) is 5.82 Å². The zero-order valence-electron chi connectivity index (χ0n) is 16.8. The molecule has 1 aromatic carbocycles. The summed E-state index contributed by atoms with van der Waals surface area (Å²) in [6.45, 7) is 3.57. The van der Waals surface area contributed by atoms with E-state index in [4.69, 9.17) is 0 Å². The minimum Gasteiger partial charge on any atom is -0.354 e. The average molecular weight is 405 g/mol. The molecule has 0 bridgehead atoms. The highest BCUT2D eigenvalue weighted by Gasteiger charge is 2.20. The number of halogens is 1. The summed E-state index contributed by atoms with van der Waals surface area (Å²) in [4.78, 5) is 13.4. The van der Waals surface area contributed by atoms with Crippen molar-refractivity contribution in [3.8, 4) is 0 Å². The second kappa shape index (κ2) is 9.84. The van der Waals surface area contributed by atoms with Crippen molar-refractivity contribution in [3.63, 3.8) is 0 Å². The summed E-state index contributed by atoms with van der Waals surface area (Å²) in [5.41, 5.74) is 2.18.